The molecule has 0 bridgehead atoms. The van der Waals surface area contributed by atoms with E-state index in [-0.39, 0.29) is 81.1 Å². The van der Waals surface area contributed by atoms with E-state index in [2.05, 4.69) is 20.5 Å². The molecule has 5 aromatic carbocycles. The molecular weight excluding hydrogens is 608 g/mol. The van der Waals surface area contributed by atoms with Gasteiger partial charge in [-0.15, -0.1) is 5.11 Å². The van der Waals surface area contributed by atoms with Gasteiger partial charge in [0.2, 0.25) is 0 Å². The Kier molecular flexibility index (Phi) is 11.4. The van der Waals surface area contributed by atoms with E-state index in [9.17, 15) is 28.0 Å². The summed E-state index contributed by atoms with van der Waals surface area (Å²) >= 11 is 0. The van der Waals surface area contributed by atoms with Crippen LogP contribution >= 0.6 is 0 Å². The molecule has 0 atom stereocenters. The molecule has 0 aliphatic heterocycles. The van der Waals surface area contributed by atoms with Crippen LogP contribution in [0.15, 0.2) is 116 Å². The van der Waals surface area contributed by atoms with Crippen molar-refractivity contribution in [3.8, 4) is 22.6 Å². The fourth-order valence-corrected chi connectivity index (χ4v) is 4.71. The Balaban J connectivity index is 0.00000264. The van der Waals surface area contributed by atoms with Crippen molar-refractivity contribution in [3.05, 3.63) is 96.6 Å². The molecule has 0 aromatic heterocycles. The normalized spacial score (nSPS) is 11.4. The third-order valence-electron chi connectivity index (χ3n) is 6.14. The minimum atomic E-state index is -4.78. The predicted molar refractivity (Wildman–Crippen MR) is 151 cm³/mol. The van der Waals surface area contributed by atoms with Crippen LogP contribution in [0.25, 0.3) is 21.9 Å². The Morgan fingerprint density at radius 2 is 1.23 bits per heavy atom. The number of fused-ring (bicyclic) bond motifs is 1. The first-order valence-corrected chi connectivity index (χ1v) is 13.5. The molecule has 5 aromatic rings. The van der Waals surface area contributed by atoms with Gasteiger partial charge in [-0.25, -0.2) is 4.79 Å². The Labute approximate surface area is 295 Å². The minimum Gasteiger partial charge on any atom is -0.872 e. The first-order valence-electron chi connectivity index (χ1n) is 12.1. The summed E-state index contributed by atoms with van der Waals surface area (Å²) in [7, 11) is -4.78. The first kappa shape index (κ1) is 34.8. The largest absolute Gasteiger partial charge is 1.00 e. The monoisotopic (exact) mass is 627 g/mol. The Morgan fingerprint density at radius 1 is 0.705 bits per heavy atom. The molecule has 0 radical (unpaired) electrons. The van der Waals surface area contributed by atoms with Crippen LogP contribution in [0.3, 0.4) is 0 Å². The van der Waals surface area contributed by atoms with Crippen LogP contribution in [0, 0.1) is 0 Å². The number of hydrogen-bond acceptors (Lipinski definition) is 10. The van der Waals surface area contributed by atoms with Crippen LogP contribution in [-0.2, 0) is 10.1 Å². The minimum absolute atomic E-state index is 0. The van der Waals surface area contributed by atoms with Crippen molar-refractivity contribution < 1.29 is 92.2 Å². The van der Waals surface area contributed by atoms with E-state index in [1.807, 2.05) is 0 Å². The number of rotatable bonds is 7. The van der Waals surface area contributed by atoms with Crippen molar-refractivity contribution in [2.75, 3.05) is 5.73 Å². The second-order valence-corrected chi connectivity index (χ2v) is 10.4. The maximum absolute atomic E-state index is 13.0. The maximum Gasteiger partial charge on any atom is 1.00 e. The molecule has 0 saturated heterocycles. The molecule has 0 heterocycles. The van der Waals surface area contributed by atoms with Gasteiger partial charge in [-0.05, 0) is 76.5 Å². The van der Waals surface area contributed by atoms with Gasteiger partial charge in [-0.2, -0.15) is 23.8 Å². The summed E-state index contributed by atoms with van der Waals surface area (Å²) < 4.78 is 33.6. The van der Waals surface area contributed by atoms with E-state index < -0.39 is 38.2 Å². The van der Waals surface area contributed by atoms with Crippen molar-refractivity contribution in [3.63, 3.8) is 0 Å². The zero-order valence-corrected chi connectivity index (χ0v) is 28.2. The zero-order valence-electron chi connectivity index (χ0n) is 23.4. The van der Waals surface area contributed by atoms with Crippen LogP contribution in [0.5, 0.6) is 11.5 Å². The van der Waals surface area contributed by atoms with Gasteiger partial charge in [0.25, 0.3) is 10.1 Å². The fraction of sp³-hybridized carbons (Fsp3) is 0. The molecular formula is C29H19N5Na2O7S. The van der Waals surface area contributed by atoms with Gasteiger partial charge in [0, 0.05) is 5.69 Å². The van der Waals surface area contributed by atoms with Crippen LogP contribution in [0.2, 0.25) is 0 Å². The van der Waals surface area contributed by atoms with E-state index in [0.29, 0.717) is 17.1 Å². The fourth-order valence-electron chi connectivity index (χ4n) is 4.06. The smallest absolute Gasteiger partial charge is 0.872 e. The Hall–Kier alpha value is -3.66. The number of hydrogen-bond donors (Lipinski definition) is 3. The van der Waals surface area contributed by atoms with Gasteiger partial charge in [0.15, 0.2) is 0 Å². The van der Waals surface area contributed by atoms with Crippen LogP contribution in [0.1, 0.15) is 10.4 Å². The number of nitrogens with zero attached hydrogens (tertiary/aromatic N) is 4. The SMILES string of the molecule is Nc1ccc2c([O-])c(N=Nc3ccc(-c4ccc(N=Nc5ccc([O-])c(C(=O)O)c5)cc4)cc3)c(S(=O)(=O)O)cc2c1.[Na+].[Na+]. The summed E-state index contributed by atoms with van der Waals surface area (Å²) in [5, 5.41) is 50.0. The van der Waals surface area contributed by atoms with Crippen LogP contribution < -0.4 is 75.1 Å². The molecule has 210 valence electrons. The number of nitrogen functional groups attached to an aromatic ring is 1. The summed E-state index contributed by atoms with van der Waals surface area (Å²) in [6.45, 7) is 0. The number of anilines is 1. The molecule has 0 unspecified atom stereocenters. The van der Waals surface area contributed by atoms with Gasteiger partial charge in [0.1, 0.15) is 4.90 Å². The van der Waals surface area contributed by atoms with Gasteiger partial charge >= 0.3 is 65.1 Å². The van der Waals surface area contributed by atoms with Crippen molar-refractivity contribution in [1.82, 2.24) is 0 Å². The number of carboxylic acids is 1. The summed E-state index contributed by atoms with van der Waals surface area (Å²) in [5.41, 5.74) is 7.81. The van der Waals surface area contributed by atoms with Crippen LogP contribution in [0.4, 0.5) is 28.4 Å². The average Bonchev–Trinajstić information content (AvgIpc) is 2.96. The van der Waals surface area contributed by atoms with Crippen LogP contribution in [-0.4, -0.2) is 24.0 Å². The van der Waals surface area contributed by atoms with Gasteiger partial charge < -0.3 is 21.1 Å². The average molecular weight is 628 g/mol. The van der Waals surface area contributed by atoms with Gasteiger partial charge in [-0.3, -0.25) is 4.55 Å². The topological polar surface area (TPSA) is 213 Å². The van der Waals surface area contributed by atoms with E-state index >= 15 is 0 Å². The summed E-state index contributed by atoms with van der Waals surface area (Å²) in [5.74, 6) is -2.68. The standard InChI is InChI=1S/C29H21N5O7S.2Na/c30-19-5-11-23-18(13-19)14-26(42(39,40)41)27(28(23)36)34-32-21-8-3-17(4-9-21)16-1-6-20(7-2-16)31-33-22-10-12-25(35)24(15-22)29(37)38;;/h1-15,35-36H,30H2,(H,37,38)(H,39,40,41);;/q;2*+1/p-2. The number of aromatic carboxylic acids is 1. The second kappa shape index (κ2) is 14.4. The summed E-state index contributed by atoms with van der Waals surface area (Å²) in [4.78, 5) is 10.5. The molecule has 0 aliphatic carbocycles. The molecule has 0 fully saturated rings. The van der Waals surface area contributed by atoms with Gasteiger partial charge in [0.05, 0.1) is 28.3 Å². The number of carboxylic acid groups (broad SMARTS) is 1. The predicted octanol–water partition coefficient (Wildman–Crippen LogP) is 0.0199. The molecule has 0 aliphatic rings. The first-order chi connectivity index (χ1) is 20.0. The zero-order chi connectivity index (χ0) is 30.0. The molecule has 15 heteroatoms. The quantitative estimate of drug-likeness (QED) is 0.0966. The number of carbonyl (C=O) groups is 1. The Bertz CT molecular complexity index is 2020. The van der Waals surface area contributed by atoms with E-state index in [0.717, 1.165) is 29.3 Å². The number of nitrogens with two attached hydrogens (primary N) is 1. The third-order valence-corrected chi connectivity index (χ3v) is 7.01. The summed E-state index contributed by atoms with van der Waals surface area (Å²) in [6.07, 6.45) is 0. The van der Waals surface area contributed by atoms with Crippen molar-refractivity contribution in [2.45, 2.75) is 4.90 Å². The number of benzene rings is 5. The molecule has 0 saturated carbocycles. The molecule has 4 N–H and O–H groups in total. The molecule has 12 nitrogen and oxygen atoms in total. The van der Waals surface area contributed by atoms with Crippen molar-refractivity contribution in [1.29, 1.82) is 0 Å². The second-order valence-electron chi connectivity index (χ2n) is 8.99. The molecule has 5 rings (SSSR count). The van der Waals surface area contributed by atoms with Gasteiger partial charge in [-0.1, -0.05) is 47.9 Å². The molecule has 0 spiro atoms. The molecule has 44 heavy (non-hydrogen) atoms. The summed E-state index contributed by atoms with van der Waals surface area (Å²) in [6, 6.07) is 22.8. The maximum atomic E-state index is 13.0. The van der Waals surface area contributed by atoms with E-state index in [4.69, 9.17) is 10.8 Å². The van der Waals surface area contributed by atoms with Crippen molar-refractivity contribution in [2.24, 2.45) is 20.5 Å². The van der Waals surface area contributed by atoms with E-state index in [1.54, 1.807) is 48.5 Å². The van der Waals surface area contributed by atoms with Crippen molar-refractivity contribution >= 4 is 55.3 Å². The number of azo groups is 2. The van der Waals surface area contributed by atoms with E-state index in [1.165, 1.54) is 24.3 Å². The molecule has 0 amide bonds. The third kappa shape index (κ3) is 7.88. The Morgan fingerprint density at radius 3 is 1.77 bits per heavy atom.